The van der Waals surface area contributed by atoms with Gasteiger partial charge in [-0.1, -0.05) is 123 Å². The molecule has 69 heavy (non-hydrogen) atoms. The van der Waals surface area contributed by atoms with Crippen molar-refractivity contribution in [3.8, 4) is 33.4 Å². The second-order valence-corrected chi connectivity index (χ2v) is 19.8. The van der Waals surface area contributed by atoms with E-state index in [9.17, 15) is 0 Å². The monoisotopic (exact) mass is 924 g/mol. The lowest BCUT2D eigenvalue weighted by Gasteiger charge is -2.40. The van der Waals surface area contributed by atoms with Gasteiger partial charge in [0.05, 0.1) is 52.9 Å². The third-order valence-corrected chi connectivity index (χ3v) is 14.9. The number of hydrogen-bond acceptors (Lipinski definition) is 7. The zero-order valence-corrected chi connectivity index (χ0v) is 40.7. The molecule has 0 saturated carbocycles. The molecule has 8 aromatic rings. The summed E-state index contributed by atoms with van der Waals surface area (Å²) in [7, 11) is 0. The van der Waals surface area contributed by atoms with Crippen LogP contribution in [0.15, 0.2) is 138 Å². The van der Waals surface area contributed by atoms with Crippen molar-refractivity contribution in [2.75, 3.05) is 66.1 Å². The van der Waals surface area contributed by atoms with Gasteiger partial charge in [0, 0.05) is 48.0 Å². The van der Waals surface area contributed by atoms with E-state index < -0.39 is 0 Å². The smallest absolute Gasteiger partial charge is 0.136 e. The third-order valence-electron chi connectivity index (χ3n) is 14.9. The molecule has 2 fully saturated rings. The van der Waals surface area contributed by atoms with Crippen LogP contribution in [0.4, 0.5) is 0 Å². The lowest BCUT2D eigenvalue weighted by atomic mass is 9.84. The normalized spacial score (nSPS) is 15.3. The van der Waals surface area contributed by atoms with Gasteiger partial charge in [0.25, 0.3) is 0 Å². The molecule has 0 spiro atoms. The van der Waals surface area contributed by atoms with E-state index in [2.05, 4.69) is 147 Å². The molecule has 2 aliphatic rings. The zero-order chi connectivity index (χ0) is 46.9. The van der Waals surface area contributed by atoms with Crippen molar-refractivity contribution in [3.05, 3.63) is 145 Å². The molecular weight excluding hydrogens is 857 g/mol. The van der Waals surface area contributed by atoms with Crippen LogP contribution < -0.4 is 0 Å². The van der Waals surface area contributed by atoms with Gasteiger partial charge < -0.3 is 32.8 Å². The highest BCUT2D eigenvalue weighted by molar-refractivity contribution is 6.21. The van der Waals surface area contributed by atoms with Crippen molar-refractivity contribution < 1.29 is 32.8 Å². The van der Waals surface area contributed by atoms with E-state index in [4.69, 9.17) is 32.8 Å². The lowest BCUT2D eigenvalue weighted by molar-refractivity contribution is -0.150. The summed E-state index contributed by atoms with van der Waals surface area (Å²) >= 11 is 0. The molecule has 2 saturated heterocycles. The van der Waals surface area contributed by atoms with Gasteiger partial charge in [-0.05, 0) is 142 Å². The molecule has 0 unspecified atom stereocenters. The van der Waals surface area contributed by atoms with Gasteiger partial charge in [0.15, 0.2) is 0 Å². The van der Waals surface area contributed by atoms with Crippen molar-refractivity contribution in [1.29, 1.82) is 0 Å². The van der Waals surface area contributed by atoms with Gasteiger partial charge in [-0.25, -0.2) is 0 Å². The first-order valence-electron chi connectivity index (χ1n) is 25.6. The lowest BCUT2D eigenvalue weighted by Crippen LogP contribution is -2.45. The molecule has 0 bridgehead atoms. The first kappa shape index (κ1) is 47.3. The van der Waals surface area contributed by atoms with Crippen molar-refractivity contribution in [3.63, 3.8) is 0 Å². The Bertz CT molecular complexity index is 2870. The number of ether oxygens (including phenoxy) is 6. The minimum Gasteiger partial charge on any atom is -0.456 e. The standard InChI is InChI=1S/C62H68O7/c1-3-61(41-67-42-61)39-65-33-13-5-11-31-63-37-45-19-22-48(23-20-45)59-52-15-7-9-17-54(52)60(55-18-10-8-16-53(55)59)49-26-24-47(25-27-49)50-28-29-51-56-35-46(21-30-57(56)69-58(51)36-50)38-64-32-12-6-14-34-66-40-62(4-2)43-68-44-62/h7-10,15-30,35-36H,3-6,11-14,31-34,37-44H2,1-2H3. The van der Waals surface area contributed by atoms with E-state index in [1.165, 1.54) is 49.4 Å². The van der Waals surface area contributed by atoms with E-state index in [0.29, 0.717) is 13.2 Å². The van der Waals surface area contributed by atoms with Crippen LogP contribution in [0.1, 0.15) is 76.3 Å². The molecule has 0 amide bonds. The number of benzene rings is 7. The number of fused-ring (bicyclic) bond motifs is 5. The SMILES string of the molecule is CCC1(COCCCCCOCc2ccc(-c3c4ccccc4c(-c4ccc(-c5ccc6c(c5)oc5ccc(COCCCCCOCC7(CC)COC7)cc56)cc4)c4ccccc34)cc2)COC1. The van der Waals surface area contributed by atoms with Crippen molar-refractivity contribution in [1.82, 2.24) is 0 Å². The largest absolute Gasteiger partial charge is 0.456 e. The third kappa shape index (κ3) is 10.7. The van der Waals surface area contributed by atoms with E-state index in [1.54, 1.807) is 0 Å². The summed E-state index contributed by atoms with van der Waals surface area (Å²) in [4.78, 5) is 0. The van der Waals surface area contributed by atoms with Gasteiger partial charge in [-0.15, -0.1) is 0 Å². The summed E-state index contributed by atoms with van der Waals surface area (Å²) in [5.41, 5.74) is 11.9. The summed E-state index contributed by atoms with van der Waals surface area (Å²) in [5, 5.41) is 7.23. The van der Waals surface area contributed by atoms with Gasteiger partial charge in [-0.2, -0.15) is 0 Å². The minimum atomic E-state index is 0.260. The Hall–Kier alpha value is -5.38. The van der Waals surface area contributed by atoms with Crippen LogP contribution in [0.2, 0.25) is 0 Å². The highest BCUT2D eigenvalue weighted by Crippen LogP contribution is 2.44. The van der Waals surface area contributed by atoms with Crippen LogP contribution in [-0.2, 0) is 41.6 Å². The van der Waals surface area contributed by atoms with E-state index in [-0.39, 0.29) is 10.8 Å². The molecule has 2 aliphatic heterocycles. The molecule has 7 nitrogen and oxygen atoms in total. The minimum absolute atomic E-state index is 0.260. The predicted octanol–water partition coefficient (Wildman–Crippen LogP) is 15.2. The quantitative estimate of drug-likeness (QED) is 0.0418. The maximum Gasteiger partial charge on any atom is 0.136 e. The van der Waals surface area contributed by atoms with Crippen molar-refractivity contribution in [2.45, 2.75) is 78.4 Å². The van der Waals surface area contributed by atoms with Crippen LogP contribution in [0.25, 0.3) is 76.9 Å². The Morgan fingerprint density at radius 2 is 0.841 bits per heavy atom. The Morgan fingerprint density at radius 1 is 0.391 bits per heavy atom. The number of hydrogen-bond donors (Lipinski definition) is 0. The summed E-state index contributed by atoms with van der Waals surface area (Å²) in [6.07, 6.45) is 8.68. The van der Waals surface area contributed by atoms with Crippen LogP contribution in [0.3, 0.4) is 0 Å². The average Bonchev–Trinajstić information content (AvgIpc) is 3.73. The molecule has 358 valence electrons. The maximum absolute atomic E-state index is 6.42. The molecule has 3 heterocycles. The Morgan fingerprint density at radius 3 is 1.33 bits per heavy atom. The highest BCUT2D eigenvalue weighted by atomic mass is 16.5. The molecule has 7 heteroatoms. The summed E-state index contributed by atoms with van der Waals surface area (Å²) in [6.45, 7) is 13.8. The number of rotatable bonds is 25. The second-order valence-electron chi connectivity index (χ2n) is 19.8. The van der Waals surface area contributed by atoms with Crippen LogP contribution in [-0.4, -0.2) is 66.1 Å². The molecule has 0 N–H and O–H groups in total. The zero-order valence-electron chi connectivity index (χ0n) is 40.7. The molecule has 0 radical (unpaired) electrons. The van der Waals surface area contributed by atoms with Crippen LogP contribution in [0.5, 0.6) is 0 Å². The number of furan rings is 1. The molecule has 1 aromatic heterocycles. The molecule has 0 atom stereocenters. The highest BCUT2D eigenvalue weighted by Gasteiger charge is 2.37. The number of unbranched alkanes of at least 4 members (excludes halogenated alkanes) is 4. The van der Waals surface area contributed by atoms with Crippen LogP contribution in [0, 0.1) is 10.8 Å². The molecular formula is C62H68O7. The van der Waals surface area contributed by atoms with Crippen molar-refractivity contribution >= 4 is 43.5 Å². The Balaban J connectivity index is 0.765. The van der Waals surface area contributed by atoms with E-state index >= 15 is 0 Å². The summed E-state index contributed by atoms with van der Waals surface area (Å²) < 4.78 is 41.4. The van der Waals surface area contributed by atoms with Gasteiger partial charge in [0.2, 0.25) is 0 Å². The Labute approximate surface area is 408 Å². The maximum atomic E-state index is 6.42. The molecule has 7 aromatic carbocycles. The van der Waals surface area contributed by atoms with Crippen molar-refractivity contribution in [2.24, 2.45) is 10.8 Å². The second kappa shape index (κ2) is 22.1. The fraction of sp³-hybridized carbons (Fsp3) is 0.387. The fourth-order valence-corrected chi connectivity index (χ4v) is 10.1. The Kier molecular flexibility index (Phi) is 15.2. The van der Waals surface area contributed by atoms with Gasteiger partial charge in [0.1, 0.15) is 11.2 Å². The average molecular weight is 925 g/mol. The topological polar surface area (TPSA) is 68.5 Å². The summed E-state index contributed by atoms with van der Waals surface area (Å²) in [5.74, 6) is 0. The van der Waals surface area contributed by atoms with Crippen LogP contribution >= 0.6 is 0 Å². The summed E-state index contributed by atoms with van der Waals surface area (Å²) in [6, 6.07) is 48.7. The molecule has 10 rings (SSSR count). The first-order chi connectivity index (χ1) is 34.0. The van der Waals surface area contributed by atoms with Gasteiger partial charge >= 0.3 is 0 Å². The van der Waals surface area contributed by atoms with E-state index in [0.717, 1.165) is 156 Å². The predicted molar refractivity (Wildman–Crippen MR) is 281 cm³/mol. The first-order valence-corrected chi connectivity index (χ1v) is 25.6. The molecule has 0 aliphatic carbocycles. The van der Waals surface area contributed by atoms with Gasteiger partial charge in [-0.3, -0.25) is 0 Å². The van der Waals surface area contributed by atoms with E-state index in [1.807, 2.05) is 0 Å². The fourth-order valence-electron chi connectivity index (χ4n) is 10.1.